The first kappa shape index (κ1) is 12.6. The predicted molar refractivity (Wildman–Crippen MR) is 72.5 cm³/mol. The van der Waals surface area contributed by atoms with E-state index in [1.807, 2.05) is 18.2 Å². The Morgan fingerprint density at radius 2 is 1.89 bits per heavy atom. The van der Waals surface area contributed by atoms with E-state index in [1.165, 1.54) is 11.1 Å². The number of ether oxygens (including phenoxy) is 1. The van der Waals surface area contributed by atoms with Crippen molar-refractivity contribution in [2.75, 3.05) is 7.11 Å². The molecule has 18 heavy (non-hydrogen) atoms. The summed E-state index contributed by atoms with van der Waals surface area (Å²) in [7, 11) is 1.63. The number of nitrogens with one attached hydrogen (secondary N) is 1. The van der Waals surface area contributed by atoms with E-state index in [4.69, 9.17) is 4.74 Å². The minimum absolute atomic E-state index is 0.658. The minimum Gasteiger partial charge on any atom is -0.481 e. The molecule has 0 amide bonds. The third kappa shape index (κ3) is 3.31. The molecule has 0 aliphatic carbocycles. The molecule has 0 aliphatic rings. The van der Waals surface area contributed by atoms with Gasteiger partial charge in [-0.15, -0.1) is 0 Å². The topological polar surface area (TPSA) is 34.1 Å². The SMILES string of the molecule is COc1cccc(CNCc2ccccc2C)n1. The van der Waals surface area contributed by atoms with Crippen LogP contribution in [0.3, 0.4) is 0 Å². The van der Waals surface area contributed by atoms with Crippen LogP contribution < -0.4 is 10.1 Å². The predicted octanol–water partition coefficient (Wildman–Crippen LogP) is 2.69. The zero-order chi connectivity index (χ0) is 12.8. The second-order valence-electron chi connectivity index (χ2n) is 4.20. The third-order valence-electron chi connectivity index (χ3n) is 2.87. The van der Waals surface area contributed by atoms with Gasteiger partial charge in [0, 0.05) is 19.2 Å². The van der Waals surface area contributed by atoms with Crippen molar-refractivity contribution in [2.24, 2.45) is 0 Å². The van der Waals surface area contributed by atoms with Crippen molar-refractivity contribution >= 4 is 0 Å². The van der Waals surface area contributed by atoms with Gasteiger partial charge < -0.3 is 10.1 Å². The van der Waals surface area contributed by atoms with Crippen LogP contribution in [0.4, 0.5) is 0 Å². The fourth-order valence-electron chi connectivity index (χ4n) is 1.80. The van der Waals surface area contributed by atoms with E-state index in [0.717, 1.165) is 18.8 Å². The molecule has 94 valence electrons. The Bertz CT molecular complexity index is 511. The zero-order valence-corrected chi connectivity index (χ0v) is 10.8. The molecule has 0 aliphatic heterocycles. The molecule has 0 saturated heterocycles. The average Bonchev–Trinajstić information content (AvgIpc) is 2.41. The van der Waals surface area contributed by atoms with Crippen LogP contribution in [0.25, 0.3) is 0 Å². The molecule has 2 rings (SSSR count). The van der Waals surface area contributed by atoms with Gasteiger partial charge in [-0.1, -0.05) is 30.3 Å². The highest BCUT2D eigenvalue weighted by Crippen LogP contribution is 2.08. The Balaban J connectivity index is 1.90. The molecule has 1 N–H and O–H groups in total. The van der Waals surface area contributed by atoms with Crippen LogP contribution in [0.5, 0.6) is 5.88 Å². The number of hydrogen-bond donors (Lipinski definition) is 1. The molecular formula is C15H18N2O. The number of rotatable bonds is 5. The smallest absolute Gasteiger partial charge is 0.213 e. The molecule has 0 spiro atoms. The lowest BCUT2D eigenvalue weighted by atomic mass is 10.1. The maximum atomic E-state index is 5.10. The summed E-state index contributed by atoms with van der Waals surface area (Å²) in [5, 5.41) is 3.39. The van der Waals surface area contributed by atoms with E-state index in [1.54, 1.807) is 7.11 Å². The summed E-state index contributed by atoms with van der Waals surface area (Å²) in [4.78, 5) is 4.36. The summed E-state index contributed by atoms with van der Waals surface area (Å²) in [6.07, 6.45) is 0. The van der Waals surface area contributed by atoms with E-state index in [-0.39, 0.29) is 0 Å². The molecule has 3 nitrogen and oxygen atoms in total. The van der Waals surface area contributed by atoms with Gasteiger partial charge in [0.15, 0.2) is 0 Å². The van der Waals surface area contributed by atoms with Gasteiger partial charge in [-0.05, 0) is 24.1 Å². The molecule has 0 atom stereocenters. The van der Waals surface area contributed by atoms with E-state index in [0.29, 0.717) is 5.88 Å². The van der Waals surface area contributed by atoms with Crippen molar-refractivity contribution in [3.63, 3.8) is 0 Å². The quantitative estimate of drug-likeness (QED) is 0.875. The van der Waals surface area contributed by atoms with Crippen molar-refractivity contribution in [3.8, 4) is 5.88 Å². The highest BCUT2D eigenvalue weighted by Gasteiger charge is 1.99. The molecule has 1 heterocycles. The van der Waals surface area contributed by atoms with Gasteiger partial charge in [-0.25, -0.2) is 4.98 Å². The lowest BCUT2D eigenvalue weighted by Crippen LogP contribution is -2.14. The number of nitrogens with zero attached hydrogens (tertiary/aromatic N) is 1. The summed E-state index contributed by atoms with van der Waals surface area (Å²) in [5.41, 5.74) is 3.62. The Hall–Kier alpha value is -1.87. The van der Waals surface area contributed by atoms with Gasteiger partial charge >= 0.3 is 0 Å². The first-order chi connectivity index (χ1) is 8.79. The van der Waals surface area contributed by atoms with Crippen molar-refractivity contribution < 1.29 is 4.74 Å². The summed E-state index contributed by atoms with van der Waals surface area (Å²) >= 11 is 0. The summed E-state index contributed by atoms with van der Waals surface area (Å²) < 4.78 is 5.10. The van der Waals surface area contributed by atoms with Crippen LogP contribution in [0.2, 0.25) is 0 Å². The highest BCUT2D eigenvalue weighted by atomic mass is 16.5. The number of methoxy groups -OCH3 is 1. The molecule has 1 aromatic carbocycles. The maximum absolute atomic E-state index is 5.10. The Morgan fingerprint density at radius 1 is 1.06 bits per heavy atom. The van der Waals surface area contributed by atoms with Gasteiger partial charge in [-0.2, -0.15) is 0 Å². The Labute approximate surface area is 108 Å². The largest absolute Gasteiger partial charge is 0.481 e. The van der Waals surface area contributed by atoms with Crippen LogP contribution in [0.1, 0.15) is 16.8 Å². The number of benzene rings is 1. The van der Waals surface area contributed by atoms with Crippen LogP contribution in [-0.4, -0.2) is 12.1 Å². The van der Waals surface area contributed by atoms with E-state index >= 15 is 0 Å². The van der Waals surface area contributed by atoms with Gasteiger partial charge in [0.2, 0.25) is 5.88 Å². The lowest BCUT2D eigenvalue weighted by Gasteiger charge is -2.08. The van der Waals surface area contributed by atoms with Crippen molar-refractivity contribution in [3.05, 3.63) is 59.3 Å². The fraction of sp³-hybridized carbons (Fsp3) is 0.267. The van der Waals surface area contributed by atoms with Gasteiger partial charge in [0.25, 0.3) is 0 Å². The fourth-order valence-corrected chi connectivity index (χ4v) is 1.80. The first-order valence-corrected chi connectivity index (χ1v) is 6.05. The number of pyridine rings is 1. The van der Waals surface area contributed by atoms with Crippen LogP contribution >= 0.6 is 0 Å². The Kier molecular flexibility index (Phi) is 4.31. The standard InChI is InChI=1S/C15H18N2O/c1-12-6-3-4-7-13(12)10-16-11-14-8-5-9-15(17-14)18-2/h3-9,16H,10-11H2,1-2H3. The molecule has 2 aromatic rings. The average molecular weight is 242 g/mol. The Morgan fingerprint density at radius 3 is 2.67 bits per heavy atom. The highest BCUT2D eigenvalue weighted by molar-refractivity contribution is 5.25. The van der Waals surface area contributed by atoms with Crippen molar-refractivity contribution in [1.29, 1.82) is 0 Å². The number of aryl methyl sites for hydroxylation is 1. The monoisotopic (exact) mass is 242 g/mol. The molecule has 0 fully saturated rings. The minimum atomic E-state index is 0.658. The molecule has 0 unspecified atom stereocenters. The molecule has 3 heteroatoms. The maximum Gasteiger partial charge on any atom is 0.213 e. The third-order valence-corrected chi connectivity index (χ3v) is 2.87. The van der Waals surface area contributed by atoms with Crippen LogP contribution in [-0.2, 0) is 13.1 Å². The second kappa shape index (κ2) is 6.17. The van der Waals surface area contributed by atoms with Crippen LogP contribution in [0.15, 0.2) is 42.5 Å². The van der Waals surface area contributed by atoms with E-state index < -0.39 is 0 Å². The number of aromatic nitrogens is 1. The van der Waals surface area contributed by atoms with E-state index in [9.17, 15) is 0 Å². The summed E-state index contributed by atoms with van der Waals surface area (Å²) in [5.74, 6) is 0.658. The second-order valence-corrected chi connectivity index (χ2v) is 4.20. The van der Waals surface area contributed by atoms with E-state index in [2.05, 4.69) is 41.5 Å². The molecule has 0 saturated carbocycles. The summed E-state index contributed by atoms with van der Waals surface area (Å²) in [6.45, 7) is 3.72. The van der Waals surface area contributed by atoms with Gasteiger partial charge in [0.1, 0.15) is 0 Å². The van der Waals surface area contributed by atoms with Gasteiger partial charge in [-0.3, -0.25) is 0 Å². The van der Waals surface area contributed by atoms with Crippen LogP contribution in [0, 0.1) is 6.92 Å². The molecular weight excluding hydrogens is 224 g/mol. The van der Waals surface area contributed by atoms with Crippen molar-refractivity contribution in [2.45, 2.75) is 20.0 Å². The zero-order valence-electron chi connectivity index (χ0n) is 10.8. The molecule has 0 bridgehead atoms. The molecule has 0 radical (unpaired) electrons. The molecule has 1 aromatic heterocycles. The van der Waals surface area contributed by atoms with Crippen molar-refractivity contribution in [1.82, 2.24) is 10.3 Å². The van der Waals surface area contributed by atoms with Gasteiger partial charge in [0.05, 0.1) is 12.8 Å². The normalized spacial score (nSPS) is 10.3. The lowest BCUT2D eigenvalue weighted by molar-refractivity contribution is 0.395. The first-order valence-electron chi connectivity index (χ1n) is 6.05. The summed E-state index contributed by atoms with van der Waals surface area (Å²) in [6, 6.07) is 14.2. The number of hydrogen-bond acceptors (Lipinski definition) is 3.